The third kappa shape index (κ3) is 4.11. The summed E-state index contributed by atoms with van der Waals surface area (Å²) in [5.74, 6) is 0.500. The predicted molar refractivity (Wildman–Crippen MR) is 129 cm³/mol. The van der Waals surface area contributed by atoms with Gasteiger partial charge < -0.3 is 5.32 Å². The lowest BCUT2D eigenvalue weighted by Gasteiger charge is -2.19. The molecule has 1 aliphatic carbocycles. The molecule has 2 heterocycles. The zero-order valence-electron chi connectivity index (χ0n) is 16.3. The van der Waals surface area contributed by atoms with Gasteiger partial charge in [0.2, 0.25) is 5.95 Å². The van der Waals surface area contributed by atoms with Crippen LogP contribution in [0.4, 0.5) is 11.6 Å². The van der Waals surface area contributed by atoms with Crippen molar-refractivity contribution in [1.29, 1.82) is 0 Å². The second-order valence-electron chi connectivity index (χ2n) is 7.31. The van der Waals surface area contributed by atoms with Crippen molar-refractivity contribution in [2.45, 2.75) is 18.3 Å². The zero-order valence-corrected chi connectivity index (χ0v) is 18.6. The van der Waals surface area contributed by atoms with Gasteiger partial charge in [0, 0.05) is 38.6 Å². The van der Waals surface area contributed by atoms with E-state index >= 15 is 0 Å². The number of halogens is 3. The van der Waals surface area contributed by atoms with Gasteiger partial charge in [-0.3, -0.25) is 4.99 Å². The van der Waals surface area contributed by atoms with Crippen LogP contribution in [0.25, 0.3) is 11.3 Å². The van der Waals surface area contributed by atoms with Gasteiger partial charge in [0.05, 0.1) is 23.3 Å². The Labute approximate surface area is 195 Å². The fraction of sp³-hybridized carbons (Fsp3) is 0.125. The van der Waals surface area contributed by atoms with Crippen LogP contribution in [0.5, 0.6) is 0 Å². The van der Waals surface area contributed by atoms with E-state index in [1.165, 1.54) is 0 Å². The summed E-state index contributed by atoms with van der Waals surface area (Å²) in [6.07, 6.45) is 8.70. The van der Waals surface area contributed by atoms with Crippen LogP contribution in [-0.2, 0) is 6.54 Å². The molecular weight excluding hydrogens is 451 g/mol. The first-order valence-electron chi connectivity index (χ1n) is 9.83. The fourth-order valence-electron chi connectivity index (χ4n) is 3.72. The van der Waals surface area contributed by atoms with Gasteiger partial charge in [-0.2, -0.15) is 0 Å². The molecule has 0 spiro atoms. The van der Waals surface area contributed by atoms with E-state index in [4.69, 9.17) is 44.8 Å². The van der Waals surface area contributed by atoms with E-state index in [-0.39, 0.29) is 5.38 Å². The Morgan fingerprint density at radius 1 is 0.968 bits per heavy atom. The van der Waals surface area contributed by atoms with E-state index in [0.29, 0.717) is 22.5 Å². The summed E-state index contributed by atoms with van der Waals surface area (Å²) in [4.78, 5) is 14.2. The number of aliphatic imine (C=N–C) groups is 1. The number of benzene rings is 2. The molecule has 2 aromatic carbocycles. The van der Waals surface area contributed by atoms with Gasteiger partial charge in [0.1, 0.15) is 0 Å². The number of alkyl halides is 1. The van der Waals surface area contributed by atoms with Gasteiger partial charge in [-0.1, -0.05) is 47.5 Å². The smallest absolute Gasteiger partial charge is 0.227 e. The number of nitrogens with zero attached hydrogens (tertiary/aromatic N) is 3. The van der Waals surface area contributed by atoms with Gasteiger partial charge in [-0.05, 0) is 48.4 Å². The van der Waals surface area contributed by atoms with Crippen molar-refractivity contribution in [2.24, 2.45) is 4.99 Å². The highest BCUT2D eigenvalue weighted by molar-refractivity contribution is 6.33. The van der Waals surface area contributed by atoms with Crippen LogP contribution in [-0.4, -0.2) is 21.1 Å². The van der Waals surface area contributed by atoms with Crippen LogP contribution in [0.2, 0.25) is 10.0 Å². The first-order chi connectivity index (χ1) is 15.1. The SMILES string of the molecule is Clc1ccc(Nc2ncc3c(n2)-c2ccc(Cl)cc2C(C2=CC=CCC2Cl)=NC3)cc1. The number of allylic oxidation sites excluding steroid dienone is 4. The van der Waals surface area contributed by atoms with Crippen molar-refractivity contribution in [3.05, 3.63) is 93.6 Å². The molecule has 7 heteroatoms. The van der Waals surface area contributed by atoms with Crippen molar-refractivity contribution in [3.8, 4) is 11.3 Å². The lowest BCUT2D eigenvalue weighted by molar-refractivity contribution is 0.992. The molecule has 0 bridgehead atoms. The molecule has 0 saturated heterocycles. The molecule has 2 aliphatic rings. The Morgan fingerprint density at radius 2 is 1.77 bits per heavy atom. The summed E-state index contributed by atoms with van der Waals surface area (Å²) in [6, 6.07) is 13.2. The van der Waals surface area contributed by atoms with Crippen LogP contribution < -0.4 is 5.32 Å². The topological polar surface area (TPSA) is 50.2 Å². The summed E-state index contributed by atoms with van der Waals surface area (Å²) in [6.45, 7) is 0.461. The highest BCUT2D eigenvalue weighted by atomic mass is 35.5. The minimum atomic E-state index is -0.134. The summed E-state index contributed by atoms with van der Waals surface area (Å²) < 4.78 is 0. The van der Waals surface area contributed by atoms with Crippen molar-refractivity contribution in [2.75, 3.05) is 5.32 Å². The highest BCUT2D eigenvalue weighted by Gasteiger charge is 2.26. The molecule has 1 N–H and O–H groups in total. The maximum Gasteiger partial charge on any atom is 0.227 e. The van der Waals surface area contributed by atoms with Gasteiger partial charge in [0.25, 0.3) is 0 Å². The van der Waals surface area contributed by atoms with E-state index in [0.717, 1.165) is 45.8 Å². The Kier molecular flexibility index (Phi) is 5.53. The normalized spacial score (nSPS) is 17.2. The predicted octanol–water partition coefficient (Wildman–Crippen LogP) is 6.99. The first kappa shape index (κ1) is 20.3. The van der Waals surface area contributed by atoms with Gasteiger partial charge in [-0.25, -0.2) is 9.97 Å². The standard InChI is InChI=1S/C24H17Cl3N4/c25-15-5-8-17(9-6-15)30-24-29-13-14-12-28-23(19-3-1-2-4-21(19)27)20-11-16(26)7-10-18(20)22(14)31-24/h1-3,5-11,13,21H,4,12H2,(H,29,30,31). The Hall–Kier alpha value is -2.66. The van der Waals surface area contributed by atoms with Gasteiger partial charge >= 0.3 is 0 Å². The minimum Gasteiger partial charge on any atom is -0.324 e. The Balaban J connectivity index is 1.60. The van der Waals surface area contributed by atoms with Crippen LogP contribution in [0.3, 0.4) is 0 Å². The fourth-order valence-corrected chi connectivity index (χ4v) is 4.30. The quantitative estimate of drug-likeness (QED) is 0.422. The summed E-state index contributed by atoms with van der Waals surface area (Å²) in [5.41, 5.74) is 6.36. The number of aromatic nitrogens is 2. The molecule has 3 aromatic rings. The molecule has 154 valence electrons. The Bertz CT molecular complexity index is 1250. The lowest BCUT2D eigenvalue weighted by Crippen LogP contribution is -2.16. The average molecular weight is 468 g/mol. The molecule has 1 unspecified atom stereocenters. The molecule has 5 rings (SSSR count). The molecule has 31 heavy (non-hydrogen) atoms. The molecule has 0 radical (unpaired) electrons. The zero-order chi connectivity index (χ0) is 21.4. The maximum atomic E-state index is 6.63. The minimum absolute atomic E-state index is 0.134. The molecule has 4 nitrogen and oxygen atoms in total. The first-order valence-corrected chi connectivity index (χ1v) is 11.0. The molecule has 0 saturated carbocycles. The number of rotatable bonds is 3. The third-order valence-electron chi connectivity index (χ3n) is 5.23. The van der Waals surface area contributed by atoms with E-state index in [1.54, 1.807) is 0 Å². The monoisotopic (exact) mass is 466 g/mol. The lowest BCUT2D eigenvalue weighted by atomic mass is 9.91. The van der Waals surface area contributed by atoms with Crippen LogP contribution in [0, 0.1) is 0 Å². The van der Waals surface area contributed by atoms with Crippen molar-refractivity contribution < 1.29 is 0 Å². The number of fused-ring (bicyclic) bond motifs is 3. The summed E-state index contributed by atoms with van der Waals surface area (Å²) in [5, 5.41) is 4.42. The van der Waals surface area contributed by atoms with E-state index in [2.05, 4.69) is 16.4 Å². The molecule has 1 aliphatic heterocycles. The number of hydrogen-bond donors (Lipinski definition) is 1. The van der Waals surface area contributed by atoms with Crippen molar-refractivity contribution in [1.82, 2.24) is 9.97 Å². The number of hydrogen-bond acceptors (Lipinski definition) is 4. The molecule has 0 fully saturated rings. The summed E-state index contributed by atoms with van der Waals surface area (Å²) in [7, 11) is 0. The van der Waals surface area contributed by atoms with Crippen LogP contribution in [0.15, 0.2) is 77.5 Å². The second-order valence-corrected chi connectivity index (χ2v) is 8.71. The molecular formula is C24H17Cl3N4. The second kappa shape index (κ2) is 8.46. The number of anilines is 2. The van der Waals surface area contributed by atoms with E-state index < -0.39 is 0 Å². The summed E-state index contributed by atoms with van der Waals surface area (Å²) >= 11 is 19.0. The molecule has 0 amide bonds. The third-order valence-corrected chi connectivity index (χ3v) is 6.13. The van der Waals surface area contributed by atoms with E-state index in [1.807, 2.05) is 60.8 Å². The van der Waals surface area contributed by atoms with Crippen molar-refractivity contribution in [3.63, 3.8) is 0 Å². The average Bonchev–Trinajstić information content (AvgIpc) is 2.92. The molecule has 1 aromatic heterocycles. The molecule has 1 atom stereocenters. The van der Waals surface area contributed by atoms with Crippen molar-refractivity contribution >= 4 is 52.2 Å². The number of nitrogens with one attached hydrogen (secondary N) is 1. The van der Waals surface area contributed by atoms with Gasteiger partial charge in [0.15, 0.2) is 0 Å². The van der Waals surface area contributed by atoms with Crippen LogP contribution in [0.1, 0.15) is 17.5 Å². The highest BCUT2D eigenvalue weighted by Crippen LogP contribution is 2.35. The Morgan fingerprint density at radius 3 is 2.58 bits per heavy atom. The van der Waals surface area contributed by atoms with E-state index in [9.17, 15) is 0 Å². The maximum absolute atomic E-state index is 6.63. The van der Waals surface area contributed by atoms with Gasteiger partial charge in [-0.15, -0.1) is 11.6 Å². The van der Waals surface area contributed by atoms with Crippen LogP contribution >= 0.6 is 34.8 Å². The largest absolute Gasteiger partial charge is 0.324 e.